The minimum Gasteiger partial charge on any atom is -0.344 e. The number of aryl methyl sites for hydroxylation is 1. The number of nitrogens with zero attached hydrogens (tertiary/aromatic N) is 3. The van der Waals surface area contributed by atoms with Gasteiger partial charge in [0.05, 0.1) is 12.7 Å². The second-order valence-electron chi connectivity index (χ2n) is 2.92. The van der Waals surface area contributed by atoms with E-state index in [9.17, 15) is 4.79 Å². The second kappa shape index (κ2) is 4.18. The fraction of sp³-hybridized carbons (Fsp3) is 0.250. The topological polar surface area (TPSA) is 83.6 Å². The number of aromatic nitrogens is 4. The number of H-pyrrole nitrogens is 1. The third-order valence-electron chi connectivity index (χ3n) is 1.71. The van der Waals surface area contributed by atoms with E-state index >= 15 is 0 Å². The number of aromatic amines is 1. The predicted molar refractivity (Wildman–Crippen MR) is 54.4 cm³/mol. The number of carbonyl (C=O) groups excluding carboxylic acids is 1. The highest BCUT2D eigenvalue weighted by molar-refractivity contribution is 7.09. The van der Waals surface area contributed by atoms with Gasteiger partial charge in [-0.05, 0) is 6.92 Å². The molecule has 0 aliphatic rings. The maximum Gasteiger partial charge on any atom is 0.273 e. The van der Waals surface area contributed by atoms with E-state index in [-0.39, 0.29) is 11.6 Å². The molecular formula is C8H9N5OS. The van der Waals surface area contributed by atoms with E-state index in [2.05, 4.69) is 25.7 Å². The molecule has 15 heavy (non-hydrogen) atoms. The number of thiazole rings is 1. The first-order chi connectivity index (χ1) is 7.25. The van der Waals surface area contributed by atoms with Crippen LogP contribution in [0.4, 0.5) is 0 Å². The van der Waals surface area contributed by atoms with E-state index in [0.29, 0.717) is 6.54 Å². The molecule has 2 N–H and O–H groups in total. The number of rotatable bonds is 3. The van der Waals surface area contributed by atoms with Crippen LogP contribution in [-0.2, 0) is 6.54 Å². The smallest absolute Gasteiger partial charge is 0.273 e. The fourth-order valence-corrected chi connectivity index (χ4v) is 1.75. The molecule has 2 aromatic rings. The van der Waals surface area contributed by atoms with E-state index in [1.54, 1.807) is 0 Å². The lowest BCUT2D eigenvalue weighted by atomic mass is 10.4. The maximum absolute atomic E-state index is 11.4. The Kier molecular flexibility index (Phi) is 2.72. The summed E-state index contributed by atoms with van der Waals surface area (Å²) in [5, 5.41) is 15.1. The molecule has 0 bridgehead atoms. The Labute approximate surface area is 89.7 Å². The maximum atomic E-state index is 11.4. The molecule has 0 spiro atoms. The van der Waals surface area contributed by atoms with Crippen LogP contribution in [0.5, 0.6) is 0 Å². The van der Waals surface area contributed by atoms with Crippen LogP contribution in [0.15, 0.2) is 11.6 Å². The van der Waals surface area contributed by atoms with Gasteiger partial charge in [0.25, 0.3) is 5.91 Å². The highest BCUT2D eigenvalue weighted by Gasteiger charge is 2.08. The van der Waals surface area contributed by atoms with Gasteiger partial charge < -0.3 is 5.32 Å². The van der Waals surface area contributed by atoms with Crippen molar-refractivity contribution in [1.29, 1.82) is 0 Å². The molecule has 0 radical (unpaired) electrons. The molecule has 2 heterocycles. The van der Waals surface area contributed by atoms with Crippen molar-refractivity contribution in [1.82, 2.24) is 25.7 Å². The van der Waals surface area contributed by atoms with Crippen LogP contribution in [0.1, 0.15) is 21.2 Å². The summed E-state index contributed by atoms with van der Waals surface area (Å²) in [5.74, 6) is -0.253. The highest BCUT2D eigenvalue weighted by atomic mass is 32.1. The lowest BCUT2D eigenvalue weighted by Crippen LogP contribution is -2.23. The first-order valence-electron chi connectivity index (χ1n) is 4.30. The van der Waals surface area contributed by atoms with Crippen LogP contribution >= 0.6 is 11.3 Å². The summed E-state index contributed by atoms with van der Waals surface area (Å²) in [6.45, 7) is 2.34. The van der Waals surface area contributed by atoms with Gasteiger partial charge in [0.15, 0.2) is 5.69 Å². The third kappa shape index (κ3) is 2.38. The van der Waals surface area contributed by atoms with Gasteiger partial charge >= 0.3 is 0 Å². The quantitative estimate of drug-likeness (QED) is 0.793. The first kappa shape index (κ1) is 9.78. The van der Waals surface area contributed by atoms with Crippen LogP contribution in [0.25, 0.3) is 0 Å². The van der Waals surface area contributed by atoms with Crippen LogP contribution < -0.4 is 5.32 Å². The molecule has 0 saturated heterocycles. The average molecular weight is 223 g/mol. The van der Waals surface area contributed by atoms with Gasteiger partial charge in [-0.3, -0.25) is 4.79 Å². The Morgan fingerprint density at radius 3 is 3.13 bits per heavy atom. The molecular weight excluding hydrogens is 214 g/mol. The molecule has 6 nitrogen and oxygen atoms in total. The molecule has 0 aromatic carbocycles. The van der Waals surface area contributed by atoms with Crippen molar-refractivity contribution in [3.8, 4) is 0 Å². The van der Waals surface area contributed by atoms with E-state index in [0.717, 1.165) is 10.7 Å². The van der Waals surface area contributed by atoms with Crippen LogP contribution in [0.2, 0.25) is 0 Å². The Balaban J connectivity index is 1.91. The summed E-state index contributed by atoms with van der Waals surface area (Å²) in [5.41, 5.74) is 1.24. The van der Waals surface area contributed by atoms with E-state index in [1.807, 2.05) is 12.3 Å². The molecule has 2 rings (SSSR count). The molecule has 0 unspecified atom stereocenters. The molecule has 0 fully saturated rings. The number of carbonyl (C=O) groups is 1. The van der Waals surface area contributed by atoms with Crippen molar-refractivity contribution in [3.05, 3.63) is 28.0 Å². The molecule has 0 saturated carbocycles. The van der Waals surface area contributed by atoms with Crippen molar-refractivity contribution in [2.75, 3.05) is 0 Å². The van der Waals surface area contributed by atoms with Gasteiger partial charge in [0, 0.05) is 11.1 Å². The minimum atomic E-state index is -0.253. The Morgan fingerprint density at radius 1 is 1.67 bits per heavy atom. The molecule has 0 aliphatic carbocycles. The van der Waals surface area contributed by atoms with Crippen molar-refractivity contribution in [3.63, 3.8) is 0 Å². The Morgan fingerprint density at radius 2 is 2.53 bits per heavy atom. The predicted octanol–water partition coefficient (Wildman–Crippen LogP) is 0.500. The van der Waals surface area contributed by atoms with Crippen molar-refractivity contribution in [2.45, 2.75) is 13.5 Å². The summed E-state index contributed by atoms with van der Waals surface area (Å²) in [7, 11) is 0. The number of hydrogen-bond donors (Lipinski definition) is 2. The number of nitrogens with one attached hydrogen (secondary N) is 2. The van der Waals surface area contributed by atoms with Gasteiger partial charge in [0.1, 0.15) is 5.01 Å². The normalized spacial score (nSPS) is 10.2. The van der Waals surface area contributed by atoms with E-state index in [4.69, 9.17) is 0 Å². The summed E-state index contributed by atoms with van der Waals surface area (Å²) in [6.07, 6.45) is 1.38. The van der Waals surface area contributed by atoms with Gasteiger partial charge in [-0.25, -0.2) is 4.98 Å². The highest BCUT2D eigenvalue weighted by Crippen LogP contribution is 2.07. The summed E-state index contributed by atoms with van der Waals surface area (Å²) in [4.78, 5) is 15.7. The zero-order valence-electron chi connectivity index (χ0n) is 8.02. The lowest BCUT2D eigenvalue weighted by Gasteiger charge is -1.98. The van der Waals surface area contributed by atoms with Crippen molar-refractivity contribution < 1.29 is 4.79 Å². The van der Waals surface area contributed by atoms with Gasteiger partial charge in [-0.1, -0.05) is 0 Å². The Bertz CT molecular complexity index is 449. The summed E-state index contributed by atoms with van der Waals surface area (Å²) >= 11 is 1.52. The van der Waals surface area contributed by atoms with E-state index < -0.39 is 0 Å². The molecule has 0 aliphatic heterocycles. The largest absolute Gasteiger partial charge is 0.344 e. The van der Waals surface area contributed by atoms with Gasteiger partial charge in [-0.2, -0.15) is 15.4 Å². The van der Waals surface area contributed by atoms with Gasteiger partial charge in [-0.15, -0.1) is 11.3 Å². The standard InChI is InChI=1S/C8H9N5OS/c1-5-4-15-7(11-5)3-9-8(14)6-2-10-13-12-6/h2,4H,3H2,1H3,(H,9,14)(H,10,12,13). The zero-order chi connectivity index (χ0) is 10.7. The first-order valence-corrected chi connectivity index (χ1v) is 5.18. The molecule has 0 atom stereocenters. The van der Waals surface area contributed by atoms with E-state index in [1.165, 1.54) is 17.5 Å². The molecule has 1 amide bonds. The molecule has 78 valence electrons. The van der Waals surface area contributed by atoms with Crippen molar-refractivity contribution >= 4 is 17.2 Å². The third-order valence-corrected chi connectivity index (χ3v) is 2.68. The minimum absolute atomic E-state index is 0.253. The SMILES string of the molecule is Cc1csc(CNC(=O)c2cn[nH]n2)n1. The number of hydrogen-bond acceptors (Lipinski definition) is 5. The lowest BCUT2D eigenvalue weighted by molar-refractivity contribution is 0.0946. The molecule has 2 aromatic heterocycles. The van der Waals surface area contributed by atoms with Crippen LogP contribution in [0, 0.1) is 6.92 Å². The number of amides is 1. The Hall–Kier alpha value is -1.76. The fourth-order valence-electron chi connectivity index (χ4n) is 1.04. The average Bonchev–Trinajstić information content (AvgIpc) is 2.84. The zero-order valence-corrected chi connectivity index (χ0v) is 8.84. The second-order valence-corrected chi connectivity index (χ2v) is 3.86. The van der Waals surface area contributed by atoms with Crippen LogP contribution in [0.3, 0.4) is 0 Å². The molecule has 7 heteroatoms. The summed E-state index contributed by atoms with van der Waals surface area (Å²) in [6, 6.07) is 0. The van der Waals surface area contributed by atoms with Gasteiger partial charge in [0.2, 0.25) is 0 Å². The summed E-state index contributed by atoms with van der Waals surface area (Å²) < 4.78 is 0. The van der Waals surface area contributed by atoms with Crippen molar-refractivity contribution in [2.24, 2.45) is 0 Å². The monoisotopic (exact) mass is 223 g/mol. The van der Waals surface area contributed by atoms with Crippen LogP contribution in [-0.4, -0.2) is 26.3 Å².